The fourth-order valence-corrected chi connectivity index (χ4v) is 14.4. The first-order chi connectivity index (χ1) is 24.2. The van der Waals surface area contributed by atoms with Crippen molar-refractivity contribution in [2.75, 3.05) is 37.7 Å². The van der Waals surface area contributed by atoms with Crippen LogP contribution >= 0.6 is 0 Å². The SMILES string of the molecule is CC(C)[C@H](N)C(=O)O[C@H]1CC[C@]2(C)[C@H]3CC=C4[C@@H]5CC(C)(C)CC[C@]5(C(=C=O)NCCCN5CCS(=O)(=O)CC5)CC[C@@]4(C)[C@]3(C)CC[C@H]2C1(C)C. The molecule has 0 bridgehead atoms. The van der Waals surface area contributed by atoms with Gasteiger partial charge in [-0.2, -0.15) is 0 Å². The number of hydrogen-bond donors (Lipinski definition) is 2. The van der Waals surface area contributed by atoms with Gasteiger partial charge >= 0.3 is 5.97 Å². The van der Waals surface area contributed by atoms with E-state index in [0.717, 1.165) is 82.9 Å². The molecule has 0 aromatic carbocycles. The first-order valence-electron chi connectivity index (χ1n) is 20.7. The maximum atomic E-state index is 13.1. The molecule has 0 unspecified atom stereocenters. The number of allylic oxidation sites excluding steroid dienone is 3. The zero-order valence-electron chi connectivity index (χ0n) is 34.0. The van der Waals surface area contributed by atoms with Crippen LogP contribution in [0.1, 0.15) is 133 Å². The first kappa shape index (κ1) is 40.0. The molecule has 52 heavy (non-hydrogen) atoms. The lowest BCUT2D eigenvalue weighted by molar-refractivity contribution is -0.213. The van der Waals surface area contributed by atoms with Crippen molar-refractivity contribution in [2.24, 2.45) is 61.9 Å². The van der Waals surface area contributed by atoms with Crippen LogP contribution in [0.4, 0.5) is 0 Å². The monoisotopic (exact) mass is 742 g/mol. The highest BCUT2D eigenvalue weighted by molar-refractivity contribution is 7.91. The fourth-order valence-electron chi connectivity index (χ4n) is 13.2. The van der Waals surface area contributed by atoms with Crippen molar-refractivity contribution in [1.29, 1.82) is 0 Å². The van der Waals surface area contributed by atoms with Gasteiger partial charge < -0.3 is 20.7 Å². The number of sulfone groups is 1. The van der Waals surface area contributed by atoms with E-state index in [0.29, 0.717) is 37.4 Å². The van der Waals surface area contributed by atoms with Crippen molar-refractivity contribution in [3.8, 4) is 0 Å². The summed E-state index contributed by atoms with van der Waals surface area (Å²) in [6, 6.07) is -0.587. The molecule has 6 rings (SSSR count). The molecule has 5 aliphatic carbocycles. The minimum atomic E-state index is -2.89. The largest absolute Gasteiger partial charge is 0.461 e. The van der Waals surface area contributed by atoms with Crippen LogP contribution in [-0.2, 0) is 24.2 Å². The standard InChI is InChI=1S/C43H71N3O5S/c1-29(2)36(44)37(48)51-35-14-15-40(7)32(39(35,5)6)13-16-42(9)33(40)12-11-30-31-27-38(3,4)17-19-43(31,20-18-41(30,42)8)34(28-47)45-21-10-22-46-23-25-52(49,50)26-24-46/h11,29,31-33,35-36,45H,10,12-27,44H2,1-9H3/t31-,32-,33+,35-,36-,40-,41+,42+,43-/m0/s1. The number of rotatable bonds is 9. The summed E-state index contributed by atoms with van der Waals surface area (Å²) in [7, 11) is -2.89. The second-order valence-electron chi connectivity index (χ2n) is 20.7. The van der Waals surface area contributed by atoms with Crippen LogP contribution in [0.25, 0.3) is 0 Å². The molecule has 0 radical (unpaired) electrons. The summed E-state index contributed by atoms with van der Waals surface area (Å²) in [4.78, 5) is 28.3. The Morgan fingerprint density at radius 3 is 2.31 bits per heavy atom. The predicted molar refractivity (Wildman–Crippen MR) is 209 cm³/mol. The van der Waals surface area contributed by atoms with Crippen molar-refractivity contribution < 1.29 is 22.7 Å². The molecule has 6 aliphatic rings. The van der Waals surface area contributed by atoms with Crippen molar-refractivity contribution in [1.82, 2.24) is 10.2 Å². The second-order valence-corrected chi connectivity index (χ2v) is 23.0. The highest BCUT2D eigenvalue weighted by atomic mass is 32.2. The molecule has 0 aromatic heterocycles. The van der Waals surface area contributed by atoms with Crippen LogP contribution in [0.15, 0.2) is 17.3 Å². The maximum Gasteiger partial charge on any atom is 0.323 e. The van der Waals surface area contributed by atoms with Crippen LogP contribution in [-0.4, -0.2) is 75.1 Å². The minimum Gasteiger partial charge on any atom is -0.461 e. The van der Waals surface area contributed by atoms with E-state index in [-0.39, 0.29) is 62.0 Å². The van der Waals surface area contributed by atoms with Gasteiger partial charge in [-0.3, -0.25) is 4.79 Å². The number of ether oxygens (including phenoxy) is 1. The van der Waals surface area contributed by atoms with E-state index in [1.165, 1.54) is 0 Å². The zero-order chi connectivity index (χ0) is 38.1. The van der Waals surface area contributed by atoms with Gasteiger partial charge in [-0.25, -0.2) is 13.2 Å². The van der Waals surface area contributed by atoms with E-state index in [1.807, 2.05) is 13.8 Å². The minimum absolute atomic E-state index is 0.0472. The number of nitrogens with two attached hydrogens (primary N) is 1. The molecule has 9 heteroatoms. The van der Waals surface area contributed by atoms with Crippen molar-refractivity contribution in [3.63, 3.8) is 0 Å². The summed E-state index contributed by atoms with van der Waals surface area (Å²) in [5, 5.41) is 3.65. The molecule has 1 heterocycles. The number of carbonyl (C=O) groups excluding carboxylic acids is 2. The molecule has 9 atom stereocenters. The zero-order valence-corrected chi connectivity index (χ0v) is 34.9. The van der Waals surface area contributed by atoms with Crippen molar-refractivity contribution >= 4 is 21.7 Å². The van der Waals surface area contributed by atoms with Gasteiger partial charge in [0.15, 0.2) is 9.84 Å². The summed E-state index contributed by atoms with van der Waals surface area (Å²) >= 11 is 0. The van der Waals surface area contributed by atoms with Gasteiger partial charge in [-0.1, -0.05) is 74.0 Å². The lowest BCUT2D eigenvalue weighted by Gasteiger charge is -2.71. The van der Waals surface area contributed by atoms with E-state index >= 15 is 0 Å². The molecule has 0 amide bonds. The smallest absolute Gasteiger partial charge is 0.323 e. The molecule has 4 saturated carbocycles. The number of fused-ring (bicyclic) bond motifs is 7. The van der Waals surface area contributed by atoms with Gasteiger partial charge in [0.05, 0.1) is 11.5 Å². The Morgan fingerprint density at radius 2 is 1.65 bits per heavy atom. The second kappa shape index (κ2) is 13.8. The van der Waals surface area contributed by atoms with E-state index in [1.54, 1.807) is 5.57 Å². The topological polar surface area (TPSA) is 119 Å². The van der Waals surface area contributed by atoms with Crippen LogP contribution in [0.2, 0.25) is 0 Å². The average molecular weight is 742 g/mol. The van der Waals surface area contributed by atoms with E-state index in [2.05, 4.69) is 70.7 Å². The Bertz CT molecular complexity index is 1570. The molecule has 0 spiro atoms. The van der Waals surface area contributed by atoms with Gasteiger partial charge in [-0.05, 0) is 123 Å². The summed E-state index contributed by atoms with van der Waals surface area (Å²) in [6.45, 7) is 24.0. The van der Waals surface area contributed by atoms with Gasteiger partial charge in [0.1, 0.15) is 23.8 Å². The molecule has 8 nitrogen and oxygen atoms in total. The third kappa shape index (κ3) is 6.57. The number of esters is 1. The Labute approximate surface area is 315 Å². The van der Waals surface area contributed by atoms with Crippen LogP contribution in [0.3, 0.4) is 0 Å². The molecule has 5 fully saturated rings. The third-order valence-electron chi connectivity index (χ3n) is 16.8. The highest BCUT2D eigenvalue weighted by Crippen LogP contribution is 2.76. The summed E-state index contributed by atoms with van der Waals surface area (Å²) in [6.07, 6.45) is 14.0. The van der Waals surface area contributed by atoms with Gasteiger partial charge in [0.2, 0.25) is 0 Å². The number of hydrogen-bond acceptors (Lipinski definition) is 8. The molecule has 0 aromatic rings. The van der Waals surface area contributed by atoms with E-state index in [4.69, 9.17) is 10.5 Å². The first-order valence-corrected chi connectivity index (χ1v) is 22.6. The Hall–Kier alpha value is -1.67. The average Bonchev–Trinajstić information content (AvgIpc) is 3.06. The Balaban J connectivity index is 1.24. The quantitative estimate of drug-likeness (QED) is 0.111. The van der Waals surface area contributed by atoms with Crippen molar-refractivity contribution in [3.05, 3.63) is 17.3 Å². The predicted octanol–water partition coefficient (Wildman–Crippen LogP) is 7.11. The van der Waals surface area contributed by atoms with Crippen molar-refractivity contribution in [2.45, 2.75) is 145 Å². The van der Waals surface area contributed by atoms with Crippen LogP contribution in [0.5, 0.6) is 0 Å². The lowest BCUT2D eigenvalue weighted by Crippen LogP contribution is -2.65. The highest BCUT2D eigenvalue weighted by Gasteiger charge is 2.69. The number of nitrogens with one attached hydrogen (secondary N) is 1. The summed E-state index contributed by atoms with van der Waals surface area (Å²) < 4.78 is 30.1. The normalized spacial score (nSPS) is 41.2. The fraction of sp³-hybridized carbons (Fsp3) is 0.884. The van der Waals surface area contributed by atoms with Crippen LogP contribution < -0.4 is 11.1 Å². The number of nitrogens with zero attached hydrogens (tertiary/aromatic N) is 1. The van der Waals surface area contributed by atoms with E-state index < -0.39 is 15.9 Å². The Kier molecular flexibility index (Phi) is 10.6. The summed E-state index contributed by atoms with van der Waals surface area (Å²) in [5.74, 6) is 4.08. The van der Waals surface area contributed by atoms with Gasteiger partial charge in [-0.15, -0.1) is 0 Å². The van der Waals surface area contributed by atoms with Gasteiger partial charge in [0, 0.05) is 30.5 Å². The molecular weight excluding hydrogens is 671 g/mol. The molecule has 294 valence electrons. The maximum absolute atomic E-state index is 13.1. The van der Waals surface area contributed by atoms with E-state index in [9.17, 15) is 18.0 Å². The third-order valence-corrected chi connectivity index (χ3v) is 18.4. The molecule has 1 saturated heterocycles. The lowest BCUT2D eigenvalue weighted by atomic mass is 9.33. The molecule has 3 N–H and O–H groups in total. The van der Waals surface area contributed by atoms with Gasteiger partial charge in [0.25, 0.3) is 0 Å². The Morgan fingerprint density at radius 1 is 0.981 bits per heavy atom. The summed E-state index contributed by atoms with van der Waals surface area (Å²) in [5.41, 5.74) is 8.81. The number of carbonyl (C=O) groups is 1. The molecule has 1 aliphatic heterocycles. The molecular formula is C43H71N3O5S. The van der Waals surface area contributed by atoms with Crippen LogP contribution in [0, 0.1) is 56.2 Å².